The molecule has 0 spiro atoms. The maximum absolute atomic E-state index is 5.71. The Hall–Kier alpha value is -1.44. The lowest BCUT2D eigenvalue weighted by Gasteiger charge is -2.15. The van der Waals surface area contributed by atoms with E-state index < -0.39 is 0 Å². The number of anilines is 1. The number of fused-ring (bicyclic) bond motifs is 1. The molecule has 0 radical (unpaired) electrons. The molecule has 5 nitrogen and oxygen atoms in total. The zero-order chi connectivity index (χ0) is 13.2. The van der Waals surface area contributed by atoms with Gasteiger partial charge in [0, 0.05) is 11.4 Å². The Balaban J connectivity index is 2.01. The van der Waals surface area contributed by atoms with Crippen molar-refractivity contribution in [1.29, 1.82) is 0 Å². The highest BCUT2D eigenvalue weighted by molar-refractivity contribution is 8.01. The molecule has 0 saturated heterocycles. The van der Waals surface area contributed by atoms with Crippen molar-refractivity contribution in [2.24, 2.45) is 5.73 Å². The Morgan fingerprint density at radius 1 is 1.37 bits per heavy atom. The third-order valence-electron chi connectivity index (χ3n) is 2.83. The Morgan fingerprint density at radius 3 is 3.00 bits per heavy atom. The zero-order valence-electron chi connectivity index (χ0n) is 10.2. The highest BCUT2D eigenvalue weighted by atomic mass is 32.2. The molecule has 0 fully saturated rings. The maximum atomic E-state index is 5.71. The summed E-state index contributed by atoms with van der Waals surface area (Å²) in [6.45, 7) is 0.437. The third kappa shape index (κ3) is 2.63. The number of hydrogen-bond donors (Lipinski definition) is 2. The molecule has 2 aromatic heterocycles. The Kier molecular flexibility index (Phi) is 3.50. The van der Waals surface area contributed by atoms with Crippen molar-refractivity contribution in [3.8, 4) is 0 Å². The molecule has 0 unspecified atom stereocenters. The van der Waals surface area contributed by atoms with E-state index in [9.17, 15) is 0 Å². The van der Waals surface area contributed by atoms with Crippen molar-refractivity contribution < 1.29 is 0 Å². The summed E-state index contributed by atoms with van der Waals surface area (Å²) in [6.07, 6.45) is 6.26. The summed E-state index contributed by atoms with van der Waals surface area (Å²) >= 11 is 2.98. The van der Waals surface area contributed by atoms with Gasteiger partial charge in [-0.2, -0.15) is 0 Å². The number of allylic oxidation sites excluding steroid dienone is 1. The van der Waals surface area contributed by atoms with Gasteiger partial charge in [-0.25, -0.2) is 0 Å². The molecule has 1 aliphatic carbocycles. The predicted molar refractivity (Wildman–Crippen MR) is 77.9 cm³/mol. The third-order valence-corrected chi connectivity index (χ3v) is 4.72. The van der Waals surface area contributed by atoms with Crippen molar-refractivity contribution in [2.75, 3.05) is 5.73 Å². The van der Waals surface area contributed by atoms with E-state index in [-0.39, 0.29) is 0 Å². The number of hydrogen-bond acceptors (Lipinski definition) is 7. The Morgan fingerprint density at radius 2 is 2.26 bits per heavy atom. The minimum absolute atomic E-state index is 0.437. The van der Waals surface area contributed by atoms with Crippen LogP contribution >= 0.6 is 23.1 Å². The number of rotatable bonds is 3. The van der Waals surface area contributed by atoms with E-state index in [1.54, 1.807) is 11.8 Å². The van der Waals surface area contributed by atoms with Gasteiger partial charge in [0.1, 0.15) is 0 Å². The highest BCUT2D eigenvalue weighted by Crippen LogP contribution is 2.36. The van der Waals surface area contributed by atoms with Crippen LogP contribution in [0, 0.1) is 0 Å². The number of pyridine rings is 1. The SMILES string of the molecule is NCc1cc(Sc2nnc(N)s2)c2c(n1)C=CCC2. The lowest BCUT2D eigenvalue weighted by molar-refractivity contribution is 0.890. The Bertz CT molecular complexity index is 635. The smallest absolute Gasteiger partial charge is 0.203 e. The van der Waals surface area contributed by atoms with Crippen molar-refractivity contribution in [3.05, 3.63) is 29.1 Å². The van der Waals surface area contributed by atoms with Gasteiger partial charge in [-0.05, 0) is 30.5 Å². The first-order valence-electron chi connectivity index (χ1n) is 5.92. The maximum Gasteiger partial charge on any atom is 0.203 e. The van der Waals surface area contributed by atoms with Gasteiger partial charge in [-0.3, -0.25) is 4.98 Å². The van der Waals surface area contributed by atoms with Crippen molar-refractivity contribution in [2.45, 2.75) is 28.6 Å². The van der Waals surface area contributed by atoms with Crippen molar-refractivity contribution in [1.82, 2.24) is 15.2 Å². The standard InChI is InChI=1S/C12H13N5S2/c13-6-7-5-10(18-12-17-16-11(14)19-12)8-3-1-2-4-9(8)15-7/h2,4-5H,1,3,6,13H2,(H2,14,16). The van der Waals surface area contributed by atoms with Gasteiger partial charge in [0.25, 0.3) is 0 Å². The summed E-state index contributed by atoms with van der Waals surface area (Å²) < 4.78 is 0.850. The normalized spacial score (nSPS) is 13.5. The molecule has 0 aliphatic heterocycles. The van der Waals surface area contributed by atoms with Crippen LogP contribution in [0.25, 0.3) is 6.08 Å². The molecule has 98 valence electrons. The molecule has 0 saturated carbocycles. The van der Waals surface area contributed by atoms with Crippen LogP contribution in [0.3, 0.4) is 0 Å². The number of nitrogen functional groups attached to an aromatic ring is 1. The minimum Gasteiger partial charge on any atom is -0.374 e. The van der Waals surface area contributed by atoms with Crippen LogP contribution in [0.5, 0.6) is 0 Å². The van der Waals surface area contributed by atoms with Crippen LogP contribution in [-0.4, -0.2) is 15.2 Å². The molecule has 0 aromatic carbocycles. The van der Waals surface area contributed by atoms with Crippen LogP contribution in [0.2, 0.25) is 0 Å². The van der Waals surface area contributed by atoms with E-state index in [4.69, 9.17) is 11.5 Å². The molecular weight excluding hydrogens is 278 g/mol. The van der Waals surface area contributed by atoms with Gasteiger partial charge in [0.05, 0.1) is 11.4 Å². The van der Waals surface area contributed by atoms with Crippen LogP contribution in [0.4, 0.5) is 5.13 Å². The first-order chi connectivity index (χ1) is 9.26. The first-order valence-corrected chi connectivity index (χ1v) is 7.56. The van der Waals surface area contributed by atoms with Crippen molar-refractivity contribution >= 4 is 34.3 Å². The summed E-state index contributed by atoms with van der Waals surface area (Å²) in [5.41, 5.74) is 14.5. The van der Waals surface area contributed by atoms with Gasteiger partial charge in [-0.15, -0.1) is 10.2 Å². The van der Waals surface area contributed by atoms with E-state index in [2.05, 4.69) is 27.3 Å². The van der Waals surface area contributed by atoms with E-state index in [1.165, 1.54) is 16.9 Å². The molecule has 0 bridgehead atoms. The topological polar surface area (TPSA) is 90.7 Å². The van der Waals surface area contributed by atoms with Crippen LogP contribution in [0.1, 0.15) is 23.4 Å². The molecule has 19 heavy (non-hydrogen) atoms. The molecule has 0 amide bonds. The highest BCUT2D eigenvalue weighted by Gasteiger charge is 2.15. The average molecular weight is 291 g/mol. The van der Waals surface area contributed by atoms with Crippen LogP contribution in [0.15, 0.2) is 21.4 Å². The van der Waals surface area contributed by atoms with Gasteiger partial charge in [0.15, 0.2) is 4.34 Å². The molecule has 7 heteroatoms. The zero-order valence-corrected chi connectivity index (χ0v) is 11.8. The second kappa shape index (κ2) is 5.28. The van der Waals surface area contributed by atoms with E-state index in [0.717, 1.165) is 33.5 Å². The van der Waals surface area contributed by atoms with E-state index >= 15 is 0 Å². The first kappa shape index (κ1) is 12.6. The van der Waals surface area contributed by atoms with Gasteiger partial charge in [0.2, 0.25) is 5.13 Å². The molecule has 4 N–H and O–H groups in total. The summed E-state index contributed by atoms with van der Waals surface area (Å²) in [7, 11) is 0. The summed E-state index contributed by atoms with van der Waals surface area (Å²) in [4.78, 5) is 5.72. The van der Waals surface area contributed by atoms with E-state index in [0.29, 0.717) is 11.7 Å². The molecule has 1 aliphatic rings. The second-order valence-corrected chi connectivity index (χ2v) is 6.43. The minimum atomic E-state index is 0.437. The molecular formula is C12H13N5S2. The number of nitrogens with zero attached hydrogens (tertiary/aromatic N) is 3. The summed E-state index contributed by atoms with van der Waals surface area (Å²) in [6, 6.07) is 2.04. The van der Waals surface area contributed by atoms with E-state index in [1.807, 2.05) is 6.07 Å². The summed E-state index contributed by atoms with van der Waals surface area (Å²) in [5, 5.41) is 8.38. The molecule has 2 aromatic rings. The van der Waals surface area contributed by atoms with Gasteiger partial charge < -0.3 is 11.5 Å². The lowest BCUT2D eigenvalue weighted by atomic mass is 10.0. The second-order valence-electron chi connectivity index (χ2n) is 4.13. The van der Waals surface area contributed by atoms with Gasteiger partial charge >= 0.3 is 0 Å². The average Bonchev–Trinajstić information content (AvgIpc) is 2.84. The number of aromatic nitrogens is 3. The fraction of sp³-hybridized carbons (Fsp3) is 0.250. The molecule has 2 heterocycles. The Labute approximate surface area is 119 Å². The summed E-state index contributed by atoms with van der Waals surface area (Å²) in [5.74, 6) is 0. The van der Waals surface area contributed by atoms with Crippen LogP contribution < -0.4 is 11.5 Å². The fourth-order valence-corrected chi connectivity index (χ4v) is 3.81. The number of nitrogens with two attached hydrogens (primary N) is 2. The fourth-order valence-electron chi connectivity index (χ4n) is 1.98. The van der Waals surface area contributed by atoms with Crippen molar-refractivity contribution in [3.63, 3.8) is 0 Å². The lowest BCUT2D eigenvalue weighted by Crippen LogP contribution is -2.06. The van der Waals surface area contributed by atoms with Crippen LogP contribution in [-0.2, 0) is 13.0 Å². The predicted octanol–water partition coefficient (Wildman–Crippen LogP) is 2.08. The largest absolute Gasteiger partial charge is 0.374 e. The quantitative estimate of drug-likeness (QED) is 0.899. The molecule has 0 atom stereocenters. The molecule has 3 rings (SSSR count). The van der Waals surface area contributed by atoms with Gasteiger partial charge in [-0.1, -0.05) is 29.2 Å². The monoisotopic (exact) mass is 291 g/mol.